The summed E-state index contributed by atoms with van der Waals surface area (Å²) in [5.74, 6) is -1.22. The fraction of sp³-hybridized carbons (Fsp3) is 0.667. The van der Waals surface area contributed by atoms with Crippen LogP contribution in [0.4, 0.5) is 0 Å². The molecule has 0 N–H and O–H groups in total. The number of hydrogen-bond donors (Lipinski definition) is 0. The molecule has 0 amide bonds. The molecule has 0 aliphatic carbocycles. The maximum absolute atomic E-state index is 11.1. The summed E-state index contributed by atoms with van der Waals surface area (Å²) in [7, 11) is 0. The fourth-order valence-corrected chi connectivity index (χ4v) is 0.798. The average molecular weight is 199 g/mol. The lowest BCUT2D eigenvalue weighted by atomic mass is 10.2. The van der Waals surface area contributed by atoms with Crippen LogP contribution in [0.5, 0.6) is 0 Å². The highest BCUT2D eigenvalue weighted by Crippen LogP contribution is 2.02. The van der Waals surface area contributed by atoms with Gasteiger partial charge in [-0.05, 0) is 13.8 Å². The summed E-state index contributed by atoms with van der Waals surface area (Å²) in [6.45, 7) is 10.5. The molecule has 0 radical (unpaired) electrons. The second kappa shape index (κ2) is 6.89. The Morgan fingerprint density at radius 3 is 2.29 bits per heavy atom. The molecule has 78 valence electrons. The van der Waals surface area contributed by atoms with Crippen molar-refractivity contribution in [1.82, 2.24) is 0 Å². The van der Waals surface area contributed by atoms with E-state index in [1.165, 1.54) is 0 Å². The molecule has 0 bridgehead atoms. The van der Waals surface area contributed by atoms with E-state index in [0.29, 0.717) is 0 Å². The molecule has 0 fully saturated rings. The van der Waals surface area contributed by atoms with Crippen LogP contribution in [0.1, 0.15) is 20.3 Å². The first kappa shape index (κ1) is 12.4. The Hall–Kier alpha value is -1.57. The molecule has 14 heavy (non-hydrogen) atoms. The van der Waals surface area contributed by atoms with Crippen molar-refractivity contribution in [3.05, 3.63) is 11.4 Å². The molecule has 0 aliphatic rings. The van der Waals surface area contributed by atoms with Crippen molar-refractivity contribution in [2.24, 2.45) is 0 Å². The van der Waals surface area contributed by atoms with E-state index in [1.54, 1.807) is 13.8 Å². The van der Waals surface area contributed by atoms with Gasteiger partial charge in [-0.1, -0.05) is 0 Å². The van der Waals surface area contributed by atoms with Gasteiger partial charge in [0.05, 0.1) is 13.2 Å². The van der Waals surface area contributed by atoms with Crippen LogP contribution in [0.15, 0.2) is 0 Å². The van der Waals surface area contributed by atoms with E-state index in [4.69, 9.17) is 6.57 Å². The molecular formula is C9H13NO4. The van der Waals surface area contributed by atoms with E-state index in [2.05, 4.69) is 14.3 Å². The summed E-state index contributed by atoms with van der Waals surface area (Å²) in [4.78, 5) is 25.0. The predicted octanol–water partition coefficient (Wildman–Crippen LogP) is 0.791. The lowest BCUT2D eigenvalue weighted by Gasteiger charge is -2.04. The van der Waals surface area contributed by atoms with E-state index >= 15 is 0 Å². The van der Waals surface area contributed by atoms with Gasteiger partial charge >= 0.3 is 18.0 Å². The molecule has 0 aromatic rings. The lowest BCUT2D eigenvalue weighted by Crippen LogP contribution is -2.24. The quantitative estimate of drug-likeness (QED) is 0.485. The Bertz CT molecular complexity index is 244. The molecule has 0 aromatic heterocycles. The van der Waals surface area contributed by atoms with E-state index < -0.39 is 18.0 Å². The number of carbonyl (C=O) groups excluding carboxylic acids is 2. The Labute approximate surface area is 82.8 Å². The zero-order chi connectivity index (χ0) is 11.0. The Balaban J connectivity index is 4.10. The summed E-state index contributed by atoms with van der Waals surface area (Å²) >= 11 is 0. The van der Waals surface area contributed by atoms with Crippen LogP contribution in [0.25, 0.3) is 4.85 Å². The highest BCUT2D eigenvalue weighted by molar-refractivity contribution is 5.84. The van der Waals surface area contributed by atoms with Crippen molar-refractivity contribution in [2.45, 2.75) is 26.3 Å². The molecule has 0 saturated carbocycles. The molecule has 0 rings (SSSR count). The highest BCUT2D eigenvalue weighted by atomic mass is 16.5. The minimum atomic E-state index is -1.08. The van der Waals surface area contributed by atoms with Gasteiger partial charge in [0, 0.05) is 0 Å². The van der Waals surface area contributed by atoms with E-state index in [9.17, 15) is 9.59 Å². The maximum Gasteiger partial charge on any atom is 0.390 e. The number of hydrogen-bond acceptors (Lipinski definition) is 4. The monoisotopic (exact) mass is 199 g/mol. The number of carbonyl (C=O) groups is 2. The molecule has 1 atom stereocenters. The fourth-order valence-electron chi connectivity index (χ4n) is 0.798. The van der Waals surface area contributed by atoms with Crippen LogP contribution in [0.3, 0.4) is 0 Å². The summed E-state index contributed by atoms with van der Waals surface area (Å²) in [5, 5.41) is 0. The molecule has 5 nitrogen and oxygen atoms in total. The maximum atomic E-state index is 11.1. The van der Waals surface area contributed by atoms with Gasteiger partial charge in [0.2, 0.25) is 0 Å². The largest absolute Gasteiger partial charge is 0.466 e. The van der Waals surface area contributed by atoms with Crippen LogP contribution < -0.4 is 0 Å². The van der Waals surface area contributed by atoms with Crippen molar-refractivity contribution in [1.29, 1.82) is 0 Å². The van der Waals surface area contributed by atoms with Crippen molar-refractivity contribution in [2.75, 3.05) is 13.2 Å². The number of ether oxygens (including phenoxy) is 2. The molecule has 0 spiro atoms. The van der Waals surface area contributed by atoms with Gasteiger partial charge < -0.3 is 14.3 Å². The van der Waals surface area contributed by atoms with Gasteiger partial charge in [0.15, 0.2) is 0 Å². The Kier molecular flexibility index (Phi) is 6.12. The molecule has 1 unspecified atom stereocenters. The third-order valence-electron chi connectivity index (χ3n) is 1.38. The van der Waals surface area contributed by atoms with Crippen LogP contribution in [0.2, 0.25) is 0 Å². The van der Waals surface area contributed by atoms with Gasteiger partial charge in [0.1, 0.15) is 6.42 Å². The van der Waals surface area contributed by atoms with Crippen LogP contribution in [-0.4, -0.2) is 31.2 Å². The van der Waals surface area contributed by atoms with Gasteiger partial charge in [-0.3, -0.25) is 4.79 Å². The first-order valence-electron chi connectivity index (χ1n) is 4.34. The minimum absolute atomic E-state index is 0.202. The third-order valence-corrected chi connectivity index (χ3v) is 1.38. The normalized spacial score (nSPS) is 11.2. The minimum Gasteiger partial charge on any atom is -0.466 e. The third kappa shape index (κ3) is 4.45. The van der Waals surface area contributed by atoms with E-state index in [1.807, 2.05) is 0 Å². The highest BCUT2D eigenvalue weighted by Gasteiger charge is 2.28. The first-order chi connectivity index (χ1) is 6.65. The Morgan fingerprint density at radius 1 is 1.29 bits per heavy atom. The summed E-state index contributed by atoms with van der Waals surface area (Å²) in [6, 6.07) is -1.08. The molecule has 0 aromatic carbocycles. The summed E-state index contributed by atoms with van der Waals surface area (Å²) in [5.41, 5.74) is 0. The average Bonchev–Trinajstić information content (AvgIpc) is 2.15. The molecular weight excluding hydrogens is 186 g/mol. The van der Waals surface area contributed by atoms with Crippen molar-refractivity contribution < 1.29 is 19.1 Å². The second-order valence-corrected chi connectivity index (χ2v) is 2.41. The van der Waals surface area contributed by atoms with Gasteiger partial charge in [-0.2, -0.15) is 0 Å². The number of rotatable bonds is 5. The zero-order valence-corrected chi connectivity index (χ0v) is 8.28. The number of nitrogens with zero attached hydrogens (tertiary/aromatic N) is 1. The zero-order valence-electron chi connectivity index (χ0n) is 8.28. The van der Waals surface area contributed by atoms with Crippen molar-refractivity contribution >= 4 is 11.9 Å². The van der Waals surface area contributed by atoms with Gasteiger partial charge in [-0.15, -0.1) is 0 Å². The first-order valence-corrected chi connectivity index (χ1v) is 4.34. The van der Waals surface area contributed by atoms with E-state index in [-0.39, 0.29) is 19.6 Å². The lowest BCUT2D eigenvalue weighted by molar-refractivity contribution is -0.150. The topological polar surface area (TPSA) is 57.0 Å². The molecule has 0 saturated heterocycles. The van der Waals surface area contributed by atoms with Crippen LogP contribution in [0, 0.1) is 6.57 Å². The van der Waals surface area contributed by atoms with Crippen LogP contribution in [-0.2, 0) is 19.1 Å². The molecule has 0 aliphatic heterocycles. The summed E-state index contributed by atoms with van der Waals surface area (Å²) in [6.07, 6.45) is -0.240. The predicted molar refractivity (Wildman–Crippen MR) is 48.3 cm³/mol. The van der Waals surface area contributed by atoms with E-state index in [0.717, 1.165) is 0 Å². The summed E-state index contributed by atoms with van der Waals surface area (Å²) < 4.78 is 9.23. The van der Waals surface area contributed by atoms with Gasteiger partial charge in [-0.25, -0.2) is 11.4 Å². The number of esters is 2. The smallest absolute Gasteiger partial charge is 0.390 e. The van der Waals surface area contributed by atoms with Crippen LogP contribution >= 0.6 is 0 Å². The standard InChI is InChI=1S/C9H13NO4/c1-4-13-8(11)6-7(10-3)9(12)14-5-2/h7H,4-6H2,1-2H3. The Morgan fingerprint density at radius 2 is 1.86 bits per heavy atom. The van der Waals surface area contributed by atoms with Crippen molar-refractivity contribution in [3.8, 4) is 0 Å². The second-order valence-electron chi connectivity index (χ2n) is 2.41. The van der Waals surface area contributed by atoms with Crippen molar-refractivity contribution in [3.63, 3.8) is 0 Å². The van der Waals surface area contributed by atoms with Gasteiger partial charge in [0.25, 0.3) is 0 Å². The SMILES string of the molecule is [C-]#[N+]C(CC(=O)OCC)C(=O)OCC. The molecule has 0 heterocycles. The molecule has 5 heteroatoms.